The molecule has 0 fully saturated rings. The quantitative estimate of drug-likeness (QED) is 0.509. The summed E-state index contributed by atoms with van der Waals surface area (Å²) >= 11 is 3.31. The minimum Gasteiger partial charge on any atom is -0.230 e. The predicted octanol–water partition coefficient (Wildman–Crippen LogP) is 4.71. The molecule has 0 heterocycles. The molecule has 130 valence electrons. The second kappa shape index (κ2) is 7.78. The van der Waals surface area contributed by atoms with E-state index in [-0.39, 0.29) is 10.6 Å². The van der Waals surface area contributed by atoms with Gasteiger partial charge in [-0.15, -0.1) is 0 Å². The van der Waals surface area contributed by atoms with Gasteiger partial charge in [-0.25, -0.2) is 18.2 Å². The van der Waals surface area contributed by atoms with Crippen LogP contribution in [0.15, 0.2) is 64.0 Å². The molecule has 2 aromatic rings. The van der Waals surface area contributed by atoms with E-state index >= 15 is 0 Å². The van der Waals surface area contributed by atoms with E-state index in [0.29, 0.717) is 0 Å². The van der Waals surface area contributed by atoms with Crippen LogP contribution in [0.25, 0.3) is 0 Å². The van der Waals surface area contributed by atoms with E-state index in [1.165, 1.54) is 0 Å². The summed E-state index contributed by atoms with van der Waals surface area (Å²) in [5.74, 6) is -0.200. The molecule has 0 amide bonds. The minimum absolute atomic E-state index is 0.200. The fraction of sp³-hybridized carbons (Fsp3) is 0.333. The molecule has 0 radical (unpaired) electrons. The zero-order chi connectivity index (χ0) is 17.8. The van der Waals surface area contributed by atoms with E-state index in [9.17, 15) is 8.42 Å². The Morgan fingerprint density at radius 1 is 1.00 bits per heavy atom. The third kappa shape index (κ3) is 5.70. The predicted molar refractivity (Wildman–Crippen MR) is 97.3 cm³/mol. The maximum Gasteiger partial charge on any atom is 0.181 e. The summed E-state index contributed by atoms with van der Waals surface area (Å²) in [6, 6.07) is 15.8. The third-order valence-corrected chi connectivity index (χ3v) is 5.39. The lowest BCUT2D eigenvalue weighted by atomic mass is 10.1. The first kappa shape index (κ1) is 19.1. The molecule has 0 aliphatic heterocycles. The summed E-state index contributed by atoms with van der Waals surface area (Å²) in [7, 11) is -3.52. The van der Waals surface area contributed by atoms with Gasteiger partial charge >= 0.3 is 0 Å². The van der Waals surface area contributed by atoms with E-state index in [1.807, 2.05) is 51.1 Å². The van der Waals surface area contributed by atoms with Gasteiger partial charge in [-0.3, -0.25) is 0 Å². The van der Waals surface area contributed by atoms with Gasteiger partial charge in [0.2, 0.25) is 0 Å². The Morgan fingerprint density at radius 3 is 2.12 bits per heavy atom. The Balaban J connectivity index is 2.25. The average Bonchev–Trinajstić information content (AvgIpc) is 2.52. The summed E-state index contributed by atoms with van der Waals surface area (Å²) in [6.45, 7) is 5.54. The number of rotatable bonds is 6. The van der Waals surface area contributed by atoms with Gasteiger partial charge < -0.3 is 0 Å². The van der Waals surface area contributed by atoms with Crippen LogP contribution in [0.2, 0.25) is 0 Å². The van der Waals surface area contributed by atoms with Gasteiger partial charge in [-0.1, -0.05) is 46.3 Å². The van der Waals surface area contributed by atoms with Crippen molar-refractivity contribution in [3.05, 3.63) is 64.6 Å². The number of sulfone groups is 1. The Morgan fingerprint density at radius 2 is 1.58 bits per heavy atom. The molecule has 1 unspecified atom stereocenters. The molecule has 24 heavy (non-hydrogen) atoms. The van der Waals surface area contributed by atoms with Crippen molar-refractivity contribution < 1.29 is 18.2 Å². The van der Waals surface area contributed by atoms with Gasteiger partial charge in [-0.2, -0.15) is 0 Å². The second-order valence-electron chi connectivity index (χ2n) is 6.43. The number of hydrogen-bond acceptors (Lipinski definition) is 4. The van der Waals surface area contributed by atoms with E-state index in [2.05, 4.69) is 15.9 Å². The van der Waals surface area contributed by atoms with Crippen LogP contribution >= 0.6 is 15.9 Å². The first-order valence-electron chi connectivity index (χ1n) is 7.55. The van der Waals surface area contributed by atoms with Crippen LogP contribution in [0.3, 0.4) is 0 Å². The molecule has 0 bridgehead atoms. The molecule has 2 rings (SSSR count). The van der Waals surface area contributed by atoms with Gasteiger partial charge in [0.15, 0.2) is 9.84 Å². The van der Waals surface area contributed by atoms with Crippen LogP contribution in [-0.2, 0) is 19.6 Å². The van der Waals surface area contributed by atoms with Crippen LogP contribution in [0.1, 0.15) is 32.4 Å². The highest BCUT2D eigenvalue weighted by Gasteiger charge is 2.26. The van der Waals surface area contributed by atoms with Crippen LogP contribution in [0.5, 0.6) is 0 Å². The van der Waals surface area contributed by atoms with Gasteiger partial charge in [0.1, 0.15) is 6.10 Å². The highest BCUT2D eigenvalue weighted by atomic mass is 79.9. The van der Waals surface area contributed by atoms with Crippen molar-refractivity contribution in [3.63, 3.8) is 0 Å². The normalized spacial score (nSPS) is 13.7. The Labute approximate surface area is 151 Å². The van der Waals surface area contributed by atoms with E-state index in [1.54, 1.807) is 24.3 Å². The van der Waals surface area contributed by atoms with Gasteiger partial charge in [0.25, 0.3) is 0 Å². The lowest BCUT2D eigenvalue weighted by molar-refractivity contribution is -0.372. The SMILES string of the molecule is CC(C)(C)OOC(CS(=O)(=O)c1ccc(Br)cc1)c1ccccc1. The van der Waals surface area contributed by atoms with Gasteiger partial charge in [-0.05, 0) is 50.6 Å². The van der Waals surface area contributed by atoms with Gasteiger partial charge in [0.05, 0.1) is 16.2 Å². The molecule has 4 nitrogen and oxygen atoms in total. The zero-order valence-electron chi connectivity index (χ0n) is 13.9. The maximum absolute atomic E-state index is 12.7. The molecule has 0 spiro atoms. The summed E-state index contributed by atoms with van der Waals surface area (Å²) in [6.07, 6.45) is -0.709. The summed E-state index contributed by atoms with van der Waals surface area (Å²) in [5, 5.41) is 0. The molecule has 0 aliphatic rings. The zero-order valence-corrected chi connectivity index (χ0v) is 16.3. The molecule has 0 saturated heterocycles. The van der Waals surface area contributed by atoms with Crippen LogP contribution in [-0.4, -0.2) is 19.8 Å². The van der Waals surface area contributed by atoms with Crippen molar-refractivity contribution in [1.82, 2.24) is 0 Å². The molecular weight excluding hydrogens is 392 g/mol. The molecular formula is C18H21BrO4S. The molecule has 6 heteroatoms. The van der Waals surface area contributed by atoms with Crippen molar-refractivity contribution in [1.29, 1.82) is 0 Å². The average molecular weight is 413 g/mol. The molecule has 0 saturated carbocycles. The molecule has 0 aliphatic carbocycles. The lowest BCUT2D eigenvalue weighted by Gasteiger charge is -2.23. The smallest absolute Gasteiger partial charge is 0.181 e. The second-order valence-corrected chi connectivity index (χ2v) is 9.38. The van der Waals surface area contributed by atoms with Crippen LogP contribution in [0.4, 0.5) is 0 Å². The molecule has 0 aromatic heterocycles. The Kier molecular flexibility index (Phi) is 6.20. The highest BCUT2D eigenvalue weighted by molar-refractivity contribution is 9.10. The topological polar surface area (TPSA) is 52.6 Å². The van der Waals surface area contributed by atoms with Gasteiger partial charge in [0, 0.05) is 4.47 Å². The Bertz CT molecular complexity index is 750. The van der Waals surface area contributed by atoms with E-state index in [0.717, 1.165) is 10.0 Å². The molecule has 2 aromatic carbocycles. The largest absolute Gasteiger partial charge is 0.230 e. The monoisotopic (exact) mass is 412 g/mol. The first-order valence-corrected chi connectivity index (χ1v) is 10.00. The van der Waals surface area contributed by atoms with Crippen molar-refractivity contribution in [2.45, 2.75) is 37.4 Å². The summed E-state index contributed by atoms with van der Waals surface area (Å²) in [4.78, 5) is 11.1. The van der Waals surface area contributed by atoms with E-state index < -0.39 is 21.5 Å². The summed E-state index contributed by atoms with van der Waals surface area (Å²) < 4.78 is 26.2. The maximum atomic E-state index is 12.7. The molecule has 0 N–H and O–H groups in total. The van der Waals surface area contributed by atoms with E-state index in [4.69, 9.17) is 9.78 Å². The van der Waals surface area contributed by atoms with Crippen LogP contribution < -0.4 is 0 Å². The third-order valence-electron chi connectivity index (χ3n) is 3.13. The van der Waals surface area contributed by atoms with Crippen molar-refractivity contribution in [3.8, 4) is 0 Å². The van der Waals surface area contributed by atoms with Crippen molar-refractivity contribution in [2.24, 2.45) is 0 Å². The van der Waals surface area contributed by atoms with Crippen molar-refractivity contribution >= 4 is 25.8 Å². The van der Waals surface area contributed by atoms with Crippen molar-refractivity contribution in [2.75, 3.05) is 5.75 Å². The fourth-order valence-corrected chi connectivity index (χ4v) is 3.64. The number of benzene rings is 2. The fourth-order valence-electron chi connectivity index (χ4n) is 1.99. The number of halogens is 1. The number of hydrogen-bond donors (Lipinski definition) is 0. The minimum atomic E-state index is -3.52. The highest BCUT2D eigenvalue weighted by Crippen LogP contribution is 2.26. The Hall–Kier alpha value is -1.21. The lowest BCUT2D eigenvalue weighted by Crippen LogP contribution is -2.24. The molecule has 1 atom stereocenters. The summed E-state index contributed by atoms with van der Waals surface area (Å²) in [5.41, 5.74) is 0.219. The standard InChI is InChI=1S/C18H21BrO4S/c1-18(2,3)23-22-17(14-7-5-4-6-8-14)13-24(20,21)16-11-9-15(19)10-12-16/h4-12,17H,13H2,1-3H3. The first-order chi connectivity index (χ1) is 11.2. The van der Waals surface area contributed by atoms with Crippen LogP contribution in [0, 0.1) is 0 Å².